The lowest BCUT2D eigenvalue weighted by Crippen LogP contribution is -2.31. The third-order valence-electron chi connectivity index (χ3n) is 4.16. The summed E-state index contributed by atoms with van der Waals surface area (Å²) in [5.41, 5.74) is 0.104. The zero-order chi connectivity index (χ0) is 19.8. The average molecular weight is 387 g/mol. The van der Waals surface area contributed by atoms with E-state index < -0.39 is 15.6 Å². The highest BCUT2D eigenvalue weighted by molar-refractivity contribution is 7.90. The van der Waals surface area contributed by atoms with Crippen LogP contribution in [0.25, 0.3) is 10.9 Å². The van der Waals surface area contributed by atoms with Crippen LogP contribution in [-0.2, 0) is 15.4 Å². The molecule has 7 nitrogen and oxygen atoms in total. The number of ether oxygens (including phenoxy) is 1. The molecule has 0 fully saturated rings. The van der Waals surface area contributed by atoms with Crippen molar-refractivity contribution in [2.75, 3.05) is 6.61 Å². The number of hydrogen-bond acceptors (Lipinski definition) is 6. The molecule has 0 amide bonds. The molecule has 0 radical (unpaired) electrons. The van der Waals surface area contributed by atoms with Crippen molar-refractivity contribution in [3.8, 4) is 5.75 Å². The van der Waals surface area contributed by atoms with Gasteiger partial charge in [-0.3, -0.25) is 4.79 Å². The summed E-state index contributed by atoms with van der Waals surface area (Å²) in [5.74, 6) is 0.173. The lowest BCUT2D eigenvalue weighted by molar-refractivity contribution is 0.330. The van der Waals surface area contributed by atoms with E-state index in [-0.39, 0.29) is 28.1 Å². The predicted octanol–water partition coefficient (Wildman–Crippen LogP) is 2.72. The Morgan fingerprint density at radius 3 is 2.48 bits per heavy atom. The predicted molar refractivity (Wildman–Crippen MR) is 103 cm³/mol. The van der Waals surface area contributed by atoms with Crippen LogP contribution < -0.4 is 10.3 Å². The minimum absolute atomic E-state index is 0.108. The molecule has 3 rings (SSSR count). The molecule has 2 aromatic carbocycles. The highest BCUT2D eigenvalue weighted by Gasteiger charge is 2.28. The van der Waals surface area contributed by atoms with Crippen molar-refractivity contribution >= 4 is 20.9 Å². The fraction of sp³-hybridized carbons (Fsp3) is 0.316. The normalized spacial score (nSPS) is 12.3. The van der Waals surface area contributed by atoms with Gasteiger partial charge in [0.05, 0.1) is 12.0 Å². The summed E-state index contributed by atoms with van der Waals surface area (Å²) in [7, 11) is -4.29. The van der Waals surface area contributed by atoms with Gasteiger partial charge < -0.3 is 4.74 Å². The van der Waals surface area contributed by atoms with Gasteiger partial charge in [-0.1, -0.05) is 43.1 Å². The molecule has 0 aliphatic carbocycles. The quantitative estimate of drug-likeness (QED) is 0.684. The highest BCUT2D eigenvalue weighted by Crippen LogP contribution is 2.31. The van der Waals surface area contributed by atoms with Crippen LogP contribution in [0.5, 0.6) is 5.75 Å². The minimum Gasteiger partial charge on any atom is -0.492 e. The molecule has 0 unspecified atom stereocenters. The van der Waals surface area contributed by atoms with Gasteiger partial charge in [0.15, 0.2) is 0 Å². The average Bonchev–Trinajstić information content (AvgIpc) is 2.61. The fourth-order valence-corrected chi connectivity index (χ4v) is 3.97. The Kier molecular flexibility index (Phi) is 4.77. The number of rotatable bonds is 4. The van der Waals surface area contributed by atoms with Crippen molar-refractivity contribution in [2.45, 2.75) is 38.0 Å². The second kappa shape index (κ2) is 6.77. The third-order valence-corrected chi connectivity index (χ3v) is 5.73. The first kappa shape index (κ1) is 19.0. The van der Waals surface area contributed by atoms with Gasteiger partial charge >= 0.3 is 0 Å². The van der Waals surface area contributed by atoms with E-state index >= 15 is 0 Å². The first-order valence-corrected chi connectivity index (χ1v) is 9.98. The highest BCUT2D eigenvalue weighted by atomic mass is 32.2. The Balaban J connectivity index is 2.29. The van der Waals surface area contributed by atoms with Gasteiger partial charge in [0.1, 0.15) is 16.2 Å². The summed E-state index contributed by atoms with van der Waals surface area (Å²) >= 11 is 0. The summed E-state index contributed by atoms with van der Waals surface area (Å²) in [6.45, 7) is 7.97. The maximum Gasteiger partial charge on any atom is 0.292 e. The Morgan fingerprint density at radius 1 is 1.11 bits per heavy atom. The Labute approximate surface area is 157 Å². The zero-order valence-electron chi connectivity index (χ0n) is 15.6. The van der Waals surface area contributed by atoms with E-state index in [1.165, 1.54) is 12.1 Å². The SMILES string of the molecule is CCOc1ccc(C(C)(C)C)cc1S(=O)(=O)n1nnc2ccccc2c1=O. The molecule has 0 N–H and O–H groups in total. The van der Waals surface area contributed by atoms with Crippen LogP contribution in [0.3, 0.4) is 0 Å². The molecule has 0 spiro atoms. The maximum atomic E-state index is 13.3. The monoisotopic (exact) mass is 387 g/mol. The van der Waals surface area contributed by atoms with E-state index in [0.29, 0.717) is 9.60 Å². The van der Waals surface area contributed by atoms with Crippen LogP contribution in [0.2, 0.25) is 0 Å². The van der Waals surface area contributed by atoms with Crippen molar-refractivity contribution < 1.29 is 13.2 Å². The topological polar surface area (TPSA) is 91.2 Å². The van der Waals surface area contributed by atoms with E-state index in [1.807, 2.05) is 26.8 Å². The second-order valence-corrected chi connectivity index (χ2v) is 8.84. The molecule has 0 aliphatic heterocycles. The van der Waals surface area contributed by atoms with E-state index in [1.54, 1.807) is 31.2 Å². The third kappa shape index (κ3) is 3.44. The molecule has 142 valence electrons. The van der Waals surface area contributed by atoms with Crippen LogP contribution in [0.15, 0.2) is 52.2 Å². The van der Waals surface area contributed by atoms with Crippen molar-refractivity contribution in [2.24, 2.45) is 0 Å². The first-order chi connectivity index (χ1) is 12.7. The minimum atomic E-state index is -4.29. The first-order valence-electron chi connectivity index (χ1n) is 8.54. The molecule has 27 heavy (non-hydrogen) atoms. The van der Waals surface area contributed by atoms with Gasteiger partial charge in [0, 0.05) is 0 Å². The molecule has 0 atom stereocenters. The maximum absolute atomic E-state index is 13.3. The summed E-state index contributed by atoms with van der Waals surface area (Å²) in [5, 5.41) is 7.71. The van der Waals surface area contributed by atoms with Gasteiger partial charge in [-0.15, -0.1) is 5.10 Å². The number of hydrogen-bond donors (Lipinski definition) is 0. The number of fused-ring (bicyclic) bond motifs is 1. The van der Waals surface area contributed by atoms with Gasteiger partial charge in [-0.25, -0.2) is 0 Å². The van der Waals surface area contributed by atoms with Crippen molar-refractivity contribution in [3.05, 3.63) is 58.4 Å². The summed E-state index contributed by atoms with van der Waals surface area (Å²) < 4.78 is 32.4. The Hall–Kier alpha value is -2.74. The lowest BCUT2D eigenvalue weighted by Gasteiger charge is -2.21. The summed E-state index contributed by atoms with van der Waals surface area (Å²) in [6.07, 6.45) is 0. The van der Waals surface area contributed by atoms with Crippen LogP contribution in [0.1, 0.15) is 33.3 Å². The smallest absolute Gasteiger partial charge is 0.292 e. The standard InChI is InChI=1S/C19H21N3O4S/c1-5-26-16-11-10-13(19(2,3)4)12-17(16)27(24,25)22-18(23)14-8-6-7-9-15(14)20-21-22/h6-12H,5H2,1-4H3. The number of nitrogens with zero attached hydrogens (tertiary/aromatic N) is 3. The van der Waals surface area contributed by atoms with Crippen LogP contribution in [-0.4, -0.2) is 29.4 Å². The Bertz CT molecular complexity index is 1160. The summed E-state index contributed by atoms with van der Waals surface area (Å²) in [6, 6.07) is 11.4. The molecule has 0 saturated carbocycles. The molecular weight excluding hydrogens is 366 g/mol. The van der Waals surface area contributed by atoms with E-state index in [4.69, 9.17) is 4.74 Å². The fourth-order valence-electron chi connectivity index (χ4n) is 2.68. The molecule has 8 heteroatoms. The van der Waals surface area contributed by atoms with Crippen LogP contribution in [0.4, 0.5) is 0 Å². The number of aromatic nitrogens is 3. The zero-order valence-corrected chi connectivity index (χ0v) is 16.4. The number of benzene rings is 2. The lowest BCUT2D eigenvalue weighted by atomic mass is 9.87. The second-order valence-electron chi connectivity index (χ2n) is 7.10. The van der Waals surface area contributed by atoms with Crippen molar-refractivity contribution in [1.82, 2.24) is 14.4 Å². The van der Waals surface area contributed by atoms with Gasteiger partial charge in [0.2, 0.25) is 0 Å². The van der Waals surface area contributed by atoms with Crippen molar-refractivity contribution in [1.29, 1.82) is 0 Å². The van der Waals surface area contributed by atoms with E-state index in [9.17, 15) is 13.2 Å². The summed E-state index contributed by atoms with van der Waals surface area (Å²) in [4.78, 5) is 12.6. The molecule has 0 bridgehead atoms. The molecular formula is C19H21N3O4S. The van der Waals surface area contributed by atoms with Crippen LogP contribution >= 0.6 is 0 Å². The van der Waals surface area contributed by atoms with E-state index in [2.05, 4.69) is 10.3 Å². The molecule has 1 aromatic heterocycles. The van der Waals surface area contributed by atoms with Gasteiger partial charge in [-0.05, 0) is 47.4 Å². The molecule has 0 saturated heterocycles. The van der Waals surface area contributed by atoms with Crippen molar-refractivity contribution in [3.63, 3.8) is 0 Å². The molecule has 0 aliphatic rings. The Morgan fingerprint density at radius 2 is 1.81 bits per heavy atom. The van der Waals surface area contributed by atoms with Crippen LogP contribution in [0, 0.1) is 0 Å². The van der Waals surface area contributed by atoms with Gasteiger partial charge in [0.25, 0.3) is 15.6 Å². The van der Waals surface area contributed by atoms with Gasteiger partial charge in [-0.2, -0.15) is 8.42 Å². The largest absolute Gasteiger partial charge is 0.492 e. The van der Waals surface area contributed by atoms with E-state index in [0.717, 1.165) is 5.56 Å². The molecule has 1 heterocycles. The molecule has 3 aromatic rings.